The zero-order chi connectivity index (χ0) is 14.4. The van der Waals surface area contributed by atoms with Crippen LogP contribution in [0.3, 0.4) is 0 Å². The predicted molar refractivity (Wildman–Crippen MR) is 79.5 cm³/mol. The second-order valence-electron chi connectivity index (χ2n) is 5.41. The fraction of sp³-hybridized carbons (Fsp3) is 0.562. The maximum Gasteiger partial charge on any atom is 0.307 e. The third-order valence-electron chi connectivity index (χ3n) is 2.91. The van der Waals surface area contributed by atoms with Crippen LogP contribution in [0.25, 0.3) is 0 Å². The predicted octanol–water partition coefficient (Wildman–Crippen LogP) is 3.55. The first kappa shape index (κ1) is 15.5. The molecule has 19 heavy (non-hydrogen) atoms. The van der Waals surface area contributed by atoms with Gasteiger partial charge in [0.15, 0.2) is 0 Å². The van der Waals surface area contributed by atoms with Gasteiger partial charge in [0.2, 0.25) is 0 Å². The van der Waals surface area contributed by atoms with E-state index in [1.54, 1.807) is 0 Å². The molecule has 0 heterocycles. The summed E-state index contributed by atoms with van der Waals surface area (Å²) in [6.45, 7) is 10.8. The summed E-state index contributed by atoms with van der Waals surface area (Å²) in [5.41, 5.74) is 2.39. The number of esters is 1. The highest BCUT2D eigenvalue weighted by atomic mass is 16.5. The van der Waals surface area contributed by atoms with Crippen molar-refractivity contribution in [3.63, 3.8) is 0 Å². The van der Waals surface area contributed by atoms with Crippen LogP contribution in [0, 0.1) is 6.92 Å². The molecule has 1 aromatic rings. The highest BCUT2D eigenvalue weighted by molar-refractivity contribution is 5.70. The number of carbonyl (C=O) groups is 1. The summed E-state index contributed by atoms with van der Waals surface area (Å²) < 4.78 is 5.17. The van der Waals surface area contributed by atoms with E-state index in [1.165, 1.54) is 5.56 Å². The summed E-state index contributed by atoms with van der Waals surface area (Å²) in [7, 11) is 0. The number of nitrogens with zero attached hydrogens (tertiary/aromatic N) is 1. The zero-order valence-corrected chi connectivity index (χ0v) is 12.6. The van der Waals surface area contributed by atoms with Gasteiger partial charge in [-0.25, -0.2) is 0 Å². The Morgan fingerprint density at radius 3 is 2.21 bits per heavy atom. The molecular formula is C16H25NO2. The summed E-state index contributed by atoms with van der Waals surface area (Å²) >= 11 is 0. The minimum absolute atomic E-state index is 0.0422. The molecule has 0 aliphatic heterocycles. The van der Waals surface area contributed by atoms with E-state index in [0.29, 0.717) is 19.0 Å². The van der Waals surface area contributed by atoms with Crippen molar-refractivity contribution in [1.29, 1.82) is 0 Å². The first-order chi connectivity index (χ1) is 8.90. The van der Waals surface area contributed by atoms with Gasteiger partial charge in [-0.05, 0) is 46.8 Å². The maximum atomic E-state index is 11.6. The smallest absolute Gasteiger partial charge is 0.307 e. The van der Waals surface area contributed by atoms with Crippen molar-refractivity contribution >= 4 is 11.7 Å². The molecule has 0 aliphatic rings. The first-order valence-corrected chi connectivity index (χ1v) is 6.93. The van der Waals surface area contributed by atoms with Crippen LogP contribution in [-0.4, -0.2) is 24.7 Å². The Labute approximate surface area is 116 Å². The quantitative estimate of drug-likeness (QED) is 0.735. The van der Waals surface area contributed by atoms with Crippen LogP contribution in [0.5, 0.6) is 0 Å². The Bertz CT molecular complexity index is 396. The highest BCUT2D eigenvalue weighted by Gasteiger charge is 2.13. The number of benzene rings is 1. The lowest BCUT2D eigenvalue weighted by Crippen LogP contribution is -2.33. The molecule has 0 spiro atoms. The lowest BCUT2D eigenvalue weighted by molar-refractivity contribution is -0.147. The SMILES string of the molecule is Cc1ccc(N(CCC(=O)OC(C)C)C(C)C)cc1. The van der Waals surface area contributed by atoms with E-state index in [1.807, 2.05) is 13.8 Å². The molecule has 0 saturated heterocycles. The van der Waals surface area contributed by atoms with Gasteiger partial charge >= 0.3 is 5.97 Å². The average Bonchev–Trinajstić information content (AvgIpc) is 2.30. The van der Waals surface area contributed by atoms with E-state index in [-0.39, 0.29) is 12.1 Å². The third-order valence-corrected chi connectivity index (χ3v) is 2.91. The normalized spacial score (nSPS) is 10.9. The van der Waals surface area contributed by atoms with Crippen LogP contribution in [0.15, 0.2) is 24.3 Å². The largest absolute Gasteiger partial charge is 0.463 e. The molecule has 0 fully saturated rings. The topological polar surface area (TPSA) is 29.5 Å². The number of anilines is 1. The van der Waals surface area contributed by atoms with Crippen LogP contribution in [0.2, 0.25) is 0 Å². The second-order valence-corrected chi connectivity index (χ2v) is 5.41. The minimum Gasteiger partial charge on any atom is -0.463 e. The van der Waals surface area contributed by atoms with Crippen LogP contribution in [0.1, 0.15) is 39.7 Å². The van der Waals surface area contributed by atoms with Crippen molar-refractivity contribution in [2.75, 3.05) is 11.4 Å². The standard InChI is InChI=1S/C16H25NO2/c1-12(2)17(11-10-16(18)19-13(3)4)15-8-6-14(5)7-9-15/h6-9,12-13H,10-11H2,1-5H3. The Morgan fingerprint density at radius 1 is 1.16 bits per heavy atom. The summed E-state index contributed by atoms with van der Waals surface area (Å²) in [6, 6.07) is 8.75. The van der Waals surface area contributed by atoms with Crippen molar-refractivity contribution in [3.8, 4) is 0 Å². The van der Waals surface area contributed by atoms with E-state index < -0.39 is 0 Å². The molecule has 3 heteroatoms. The molecule has 1 aromatic carbocycles. The van der Waals surface area contributed by atoms with Gasteiger partial charge in [-0.3, -0.25) is 4.79 Å². The van der Waals surface area contributed by atoms with Gasteiger partial charge in [-0.1, -0.05) is 17.7 Å². The molecule has 0 radical (unpaired) electrons. The van der Waals surface area contributed by atoms with Crippen LogP contribution in [-0.2, 0) is 9.53 Å². The number of hydrogen-bond donors (Lipinski definition) is 0. The number of ether oxygens (including phenoxy) is 1. The van der Waals surface area contributed by atoms with Crippen LogP contribution < -0.4 is 4.90 Å². The van der Waals surface area contributed by atoms with Gasteiger partial charge in [0, 0.05) is 18.3 Å². The van der Waals surface area contributed by atoms with E-state index >= 15 is 0 Å². The molecule has 0 aromatic heterocycles. The molecule has 0 unspecified atom stereocenters. The molecule has 0 amide bonds. The molecule has 1 rings (SSSR count). The maximum absolute atomic E-state index is 11.6. The molecule has 0 bridgehead atoms. The highest BCUT2D eigenvalue weighted by Crippen LogP contribution is 2.18. The van der Waals surface area contributed by atoms with Crippen LogP contribution in [0.4, 0.5) is 5.69 Å². The Balaban J connectivity index is 2.64. The van der Waals surface area contributed by atoms with Crippen LogP contribution >= 0.6 is 0 Å². The Morgan fingerprint density at radius 2 is 1.74 bits per heavy atom. The fourth-order valence-corrected chi connectivity index (χ4v) is 1.96. The number of hydrogen-bond acceptors (Lipinski definition) is 3. The first-order valence-electron chi connectivity index (χ1n) is 6.93. The molecule has 0 atom stereocenters. The summed E-state index contributed by atoms with van der Waals surface area (Å²) in [6.07, 6.45) is 0.379. The van der Waals surface area contributed by atoms with Gasteiger partial charge in [0.1, 0.15) is 0 Å². The van der Waals surface area contributed by atoms with E-state index in [9.17, 15) is 4.79 Å². The third kappa shape index (κ3) is 5.33. The molecule has 0 aliphatic carbocycles. The number of aryl methyl sites for hydroxylation is 1. The van der Waals surface area contributed by atoms with Gasteiger partial charge in [0.25, 0.3) is 0 Å². The number of rotatable bonds is 6. The lowest BCUT2D eigenvalue weighted by atomic mass is 10.2. The number of carbonyl (C=O) groups excluding carboxylic acids is 1. The van der Waals surface area contributed by atoms with Gasteiger partial charge in [-0.15, -0.1) is 0 Å². The van der Waals surface area contributed by atoms with Gasteiger partial charge in [0.05, 0.1) is 12.5 Å². The Kier molecular flexibility index (Phi) is 5.87. The van der Waals surface area contributed by atoms with E-state index in [2.05, 4.69) is 49.9 Å². The van der Waals surface area contributed by atoms with Gasteiger partial charge < -0.3 is 9.64 Å². The van der Waals surface area contributed by atoms with Crippen molar-refractivity contribution in [2.24, 2.45) is 0 Å². The fourth-order valence-electron chi connectivity index (χ4n) is 1.96. The van der Waals surface area contributed by atoms with Gasteiger partial charge in [-0.2, -0.15) is 0 Å². The lowest BCUT2D eigenvalue weighted by Gasteiger charge is -2.29. The molecule has 3 nitrogen and oxygen atoms in total. The monoisotopic (exact) mass is 263 g/mol. The zero-order valence-electron chi connectivity index (χ0n) is 12.6. The van der Waals surface area contributed by atoms with Crippen molar-refractivity contribution < 1.29 is 9.53 Å². The molecule has 106 valence electrons. The molecular weight excluding hydrogens is 238 g/mol. The summed E-state index contributed by atoms with van der Waals surface area (Å²) in [5, 5.41) is 0. The molecule has 0 saturated carbocycles. The Hall–Kier alpha value is -1.51. The minimum atomic E-state index is -0.132. The van der Waals surface area contributed by atoms with Crippen molar-refractivity contribution in [2.45, 2.75) is 53.2 Å². The average molecular weight is 263 g/mol. The van der Waals surface area contributed by atoms with Crippen molar-refractivity contribution in [1.82, 2.24) is 0 Å². The summed E-state index contributed by atoms with van der Waals surface area (Å²) in [5.74, 6) is -0.132. The molecule has 0 N–H and O–H groups in total. The van der Waals surface area contributed by atoms with Crippen molar-refractivity contribution in [3.05, 3.63) is 29.8 Å². The van der Waals surface area contributed by atoms with E-state index in [0.717, 1.165) is 5.69 Å². The summed E-state index contributed by atoms with van der Waals surface area (Å²) in [4.78, 5) is 13.8. The second kappa shape index (κ2) is 7.17. The van der Waals surface area contributed by atoms with E-state index in [4.69, 9.17) is 4.74 Å².